The van der Waals surface area contributed by atoms with E-state index in [1.54, 1.807) is 24.5 Å². The number of imide groups is 1. The highest BCUT2D eigenvalue weighted by molar-refractivity contribution is 6.06. The molecule has 0 aliphatic carbocycles. The Hall–Kier alpha value is -6.44. The number of oxazole rings is 1. The van der Waals surface area contributed by atoms with Gasteiger partial charge in [-0.2, -0.15) is 18.3 Å². The lowest BCUT2D eigenvalue weighted by atomic mass is 10.1. The molecule has 20 heteroatoms. The number of hydrogen-bond acceptors (Lipinski definition) is 11. The zero-order chi connectivity index (χ0) is 38.7. The number of rotatable bonds is 11. The number of anilines is 4. The molecule has 3 N–H and O–H groups in total. The quantitative estimate of drug-likeness (QED) is 0.150. The maximum absolute atomic E-state index is 14.0. The van der Waals surface area contributed by atoms with Gasteiger partial charge >= 0.3 is 12.2 Å². The van der Waals surface area contributed by atoms with Crippen LogP contribution in [0.25, 0.3) is 17.1 Å². The molecule has 55 heavy (non-hydrogen) atoms. The second-order valence-corrected chi connectivity index (χ2v) is 12.6. The van der Waals surface area contributed by atoms with Gasteiger partial charge in [0.2, 0.25) is 11.8 Å². The smallest absolute Gasteiger partial charge is 0.405 e. The molecule has 286 valence electrons. The zero-order valence-electron chi connectivity index (χ0n) is 28.8. The van der Waals surface area contributed by atoms with Crippen LogP contribution in [0.5, 0.6) is 0 Å². The number of benzene rings is 1. The average Bonchev–Trinajstić information content (AvgIpc) is 3.84. The largest absolute Gasteiger partial charge is 0.444 e. The van der Waals surface area contributed by atoms with E-state index in [0.29, 0.717) is 31.0 Å². The van der Waals surface area contributed by atoms with Crippen molar-refractivity contribution in [2.75, 3.05) is 59.7 Å². The van der Waals surface area contributed by atoms with Gasteiger partial charge in [-0.3, -0.25) is 29.7 Å². The van der Waals surface area contributed by atoms with Gasteiger partial charge in [0.05, 0.1) is 29.5 Å². The Labute approximate surface area is 309 Å². The first-order chi connectivity index (χ1) is 26.4. The highest BCUT2D eigenvalue weighted by Crippen LogP contribution is 2.30. The summed E-state index contributed by atoms with van der Waals surface area (Å²) in [5, 5.41) is 10.9. The van der Waals surface area contributed by atoms with Crippen LogP contribution in [0.2, 0.25) is 0 Å². The van der Waals surface area contributed by atoms with Gasteiger partial charge in [0.15, 0.2) is 11.4 Å². The van der Waals surface area contributed by atoms with Gasteiger partial charge < -0.3 is 20.0 Å². The van der Waals surface area contributed by atoms with E-state index in [0.717, 1.165) is 30.6 Å². The molecule has 0 radical (unpaired) electrons. The molecule has 2 fully saturated rings. The molecule has 0 atom stereocenters. The van der Waals surface area contributed by atoms with Crippen LogP contribution < -0.4 is 25.8 Å². The molecule has 6 heterocycles. The summed E-state index contributed by atoms with van der Waals surface area (Å²) in [5.74, 6) is -1.37. The number of hydrogen-bond donors (Lipinski definition) is 3. The van der Waals surface area contributed by atoms with Crippen LogP contribution in [0.4, 0.5) is 49.6 Å². The van der Waals surface area contributed by atoms with E-state index in [1.165, 1.54) is 34.1 Å². The number of amides is 4. The molecular formula is C35H32F5N11O4. The number of nitrogens with one attached hydrogen (secondary N) is 3. The van der Waals surface area contributed by atoms with Gasteiger partial charge in [0, 0.05) is 69.3 Å². The third-order valence-electron chi connectivity index (χ3n) is 8.89. The lowest BCUT2D eigenvalue weighted by Crippen LogP contribution is -2.50. The summed E-state index contributed by atoms with van der Waals surface area (Å²) in [4.78, 5) is 55.1. The summed E-state index contributed by atoms with van der Waals surface area (Å²) in [6.45, 7) is 2.41. The Morgan fingerprint density at radius 3 is 2.47 bits per heavy atom. The summed E-state index contributed by atoms with van der Waals surface area (Å²) >= 11 is 0. The molecule has 0 saturated carbocycles. The van der Waals surface area contributed by atoms with E-state index < -0.39 is 36.8 Å². The molecule has 15 nitrogen and oxygen atoms in total. The maximum Gasteiger partial charge on any atom is 0.405 e. The lowest BCUT2D eigenvalue weighted by Gasteiger charge is -2.37. The molecule has 7 rings (SSSR count). The molecule has 5 aromatic rings. The summed E-state index contributed by atoms with van der Waals surface area (Å²) in [6.07, 6.45) is -0.482. The van der Waals surface area contributed by atoms with Crippen LogP contribution in [0.15, 0.2) is 77.9 Å². The Morgan fingerprint density at radius 2 is 1.75 bits per heavy atom. The number of piperazine rings is 1. The molecule has 4 amide bonds. The van der Waals surface area contributed by atoms with Gasteiger partial charge in [0.25, 0.3) is 12.3 Å². The van der Waals surface area contributed by atoms with Crippen molar-refractivity contribution in [1.82, 2.24) is 34.9 Å². The number of alkyl halides is 5. The van der Waals surface area contributed by atoms with Crippen molar-refractivity contribution in [3.63, 3.8) is 0 Å². The van der Waals surface area contributed by atoms with Gasteiger partial charge in [-0.1, -0.05) is 0 Å². The third kappa shape index (κ3) is 8.69. The molecule has 0 unspecified atom stereocenters. The minimum Gasteiger partial charge on any atom is -0.444 e. The summed E-state index contributed by atoms with van der Waals surface area (Å²) < 4.78 is 72.4. The minimum atomic E-state index is -4.46. The highest BCUT2D eigenvalue weighted by Gasteiger charge is 2.29. The SMILES string of the molecule is O=C1CCN(c2cnccc2CN2CCN(c3ccc(-n4cc(NC(=O)c5coc(-c6ccnc(NCC(F)(F)F)c6)n5)c(C(F)F)n4)cc3)CC2)C(=O)N1. The fourth-order valence-corrected chi connectivity index (χ4v) is 6.13. The van der Waals surface area contributed by atoms with E-state index in [-0.39, 0.29) is 47.5 Å². The van der Waals surface area contributed by atoms with Gasteiger partial charge in [0.1, 0.15) is 18.6 Å². The van der Waals surface area contributed by atoms with E-state index >= 15 is 0 Å². The van der Waals surface area contributed by atoms with Gasteiger partial charge in [-0.05, 0) is 48.0 Å². The molecule has 1 aromatic carbocycles. The Kier molecular flexibility index (Phi) is 10.4. The monoisotopic (exact) mass is 765 g/mol. The number of pyridine rings is 2. The number of carbonyl (C=O) groups excluding carboxylic acids is 3. The Balaban J connectivity index is 0.969. The molecule has 2 saturated heterocycles. The second-order valence-electron chi connectivity index (χ2n) is 12.6. The zero-order valence-corrected chi connectivity index (χ0v) is 28.8. The topological polar surface area (TPSA) is 167 Å². The lowest BCUT2D eigenvalue weighted by molar-refractivity contribution is -0.120. The van der Waals surface area contributed by atoms with Crippen LogP contribution >= 0.6 is 0 Å². The Bertz CT molecular complexity index is 2180. The molecular weight excluding hydrogens is 733 g/mol. The van der Waals surface area contributed by atoms with E-state index in [2.05, 4.69) is 45.8 Å². The van der Waals surface area contributed by atoms with Crippen molar-refractivity contribution in [2.24, 2.45) is 0 Å². The normalized spacial score (nSPS) is 15.4. The third-order valence-corrected chi connectivity index (χ3v) is 8.89. The standard InChI is InChI=1S/C35H32F5N11O4/c36-31(37)30-25(44-32(53)26-19-55-33(45-26)21-6-9-42-28(15-21)43-20-35(38,39)40)18-51(47-30)24-3-1-23(2-4-24)49-13-11-48(12-14-49)17-22-5-8-41-16-27(22)50-10-7-29(52)46-34(50)54/h1-6,8-9,15-16,18-19,31H,7,10-14,17,20H2,(H,42,43)(H,44,53)(H,46,52,54). The number of halogens is 5. The van der Waals surface area contributed by atoms with Crippen molar-refractivity contribution in [3.05, 3.63) is 90.5 Å². The summed E-state index contributed by atoms with van der Waals surface area (Å²) in [7, 11) is 0. The van der Waals surface area contributed by atoms with Crippen molar-refractivity contribution in [1.29, 1.82) is 0 Å². The first-order valence-corrected chi connectivity index (χ1v) is 16.9. The van der Waals surface area contributed by atoms with Crippen LogP contribution in [0.3, 0.4) is 0 Å². The molecule has 2 aliphatic heterocycles. The summed E-state index contributed by atoms with van der Waals surface area (Å²) in [5.41, 5.74) is 2.01. The van der Waals surface area contributed by atoms with Crippen LogP contribution in [0.1, 0.15) is 34.6 Å². The fourth-order valence-electron chi connectivity index (χ4n) is 6.13. The van der Waals surface area contributed by atoms with Crippen molar-refractivity contribution in [3.8, 4) is 17.1 Å². The molecule has 4 aromatic heterocycles. The fraction of sp³-hybridized carbons (Fsp3) is 0.286. The number of aromatic nitrogens is 5. The first-order valence-electron chi connectivity index (χ1n) is 16.9. The van der Waals surface area contributed by atoms with Crippen molar-refractivity contribution in [2.45, 2.75) is 25.6 Å². The number of carbonyl (C=O) groups is 3. The van der Waals surface area contributed by atoms with Crippen LogP contribution in [0, 0.1) is 0 Å². The summed E-state index contributed by atoms with van der Waals surface area (Å²) in [6, 6.07) is 11.2. The predicted molar refractivity (Wildman–Crippen MR) is 188 cm³/mol. The van der Waals surface area contributed by atoms with E-state index in [9.17, 15) is 36.3 Å². The second kappa shape index (κ2) is 15.5. The van der Waals surface area contributed by atoms with Crippen LogP contribution in [-0.4, -0.2) is 92.9 Å². The van der Waals surface area contributed by atoms with Gasteiger partial charge in [-0.15, -0.1) is 0 Å². The van der Waals surface area contributed by atoms with Crippen molar-refractivity contribution >= 4 is 40.7 Å². The van der Waals surface area contributed by atoms with Crippen LogP contribution in [-0.2, 0) is 11.3 Å². The molecule has 2 aliphatic rings. The predicted octanol–water partition coefficient (Wildman–Crippen LogP) is 5.25. The first kappa shape index (κ1) is 36.9. The minimum absolute atomic E-state index is 0.0947. The van der Waals surface area contributed by atoms with E-state index in [4.69, 9.17) is 4.42 Å². The average molecular weight is 766 g/mol. The molecule has 0 bridgehead atoms. The van der Waals surface area contributed by atoms with Gasteiger partial charge in [-0.25, -0.2) is 28.2 Å². The number of nitrogens with zero attached hydrogens (tertiary/aromatic N) is 8. The number of urea groups is 1. The Morgan fingerprint density at radius 1 is 0.982 bits per heavy atom. The van der Waals surface area contributed by atoms with Crippen molar-refractivity contribution < 1.29 is 40.8 Å². The maximum atomic E-state index is 14.0. The van der Waals surface area contributed by atoms with E-state index in [1.807, 2.05) is 18.2 Å². The highest BCUT2D eigenvalue weighted by atomic mass is 19.4. The molecule has 0 spiro atoms.